The van der Waals surface area contributed by atoms with E-state index in [1.54, 1.807) is 0 Å². The zero-order chi connectivity index (χ0) is 43.8. The van der Waals surface area contributed by atoms with Crippen LogP contribution < -0.4 is 26.1 Å². The number of aromatic nitrogens is 4. The molecule has 4 aliphatic rings. The molecule has 0 spiro atoms. The van der Waals surface area contributed by atoms with Crippen molar-refractivity contribution in [1.29, 1.82) is 0 Å². The molecular weight excluding hydrogens is 799 g/mol. The first-order chi connectivity index (χ1) is 30.6. The molecule has 6 heterocycles. The van der Waals surface area contributed by atoms with Crippen molar-refractivity contribution in [3.63, 3.8) is 0 Å². The highest BCUT2D eigenvalue weighted by molar-refractivity contribution is 6.02. The number of nitrogens with zero attached hydrogens (tertiary/aromatic N) is 5. The smallest absolute Gasteiger partial charge is 0.407 e. The van der Waals surface area contributed by atoms with E-state index in [-0.39, 0.29) is 29.8 Å². The van der Waals surface area contributed by atoms with E-state index in [1.165, 1.54) is 14.2 Å². The monoisotopic (exact) mass is 849 g/mol. The van der Waals surface area contributed by atoms with E-state index >= 15 is 0 Å². The molecule has 0 aliphatic carbocycles. The van der Waals surface area contributed by atoms with Gasteiger partial charge in [-0.15, -0.1) is 0 Å². The summed E-state index contributed by atoms with van der Waals surface area (Å²) in [4.78, 5) is 76.9. The van der Waals surface area contributed by atoms with E-state index in [0.717, 1.165) is 92.5 Å². The summed E-state index contributed by atoms with van der Waals surface area (Å²) in [5, 5.41) is 7.35. The lowest BCUT2D eigenvalue weighted by atomic mass is 9.99. The van der Waals surface area contributed by atoms with Gasteiger partial charge in [0.1, 0.15) is 23.7 Å². The standard InChI is InChI=1S/C48H51N9O6/c1-27(2)41(55-48(61)63-4)46(59)56-21-7-12-39(56)43-50-25-37(52-43)30-15-13-28(14-16-30)34-11-5-8-29-17-18-32(22-36(29)49-24-34)38-26-51-44(53-38)40-23-33-10-6-9-31-19-20-35(54-47(60)62-3)45(58)57(40)42(31)33/h6,8-10,13-18,22,24-27,35,39-41H,5,7,11-12,19-21,23H2,1-4H3,(H,50,52)(H,51,53)(H,54,60)(H,55,61)/b29-8-,34-24+,49-36-/t35-,39-,40-,41-/m0/s1. The predicted octanol–water partition coefficient (Wildman–Crippen LogP) is 6.05. The number of rotatable bonds is 9. The Hall–Kier alpha value is -7.03. The average Bonchev–Trinajstić information content (AvgIpc) is 4.12. The highest BCUT2D eigenvalue weighted by Crippen LogP contribution is 2.44. The first kappa shape index (κ1) is 41.3. The van der Waals surface area contributed by atoms with Crippen LogP contribution in [0.1, 0.15) is 86.4 Å². The van der Waals surface area contributed by atoms with Crippen molar-refractivity contribution in [2.24, 2.45) is 10.9 Å². The van der Waals surface area contributed by atoms with Crippen LogP contribution in [0.2, 0.25) is 0 Å². The number of hydrogen-bond acceptors (Lipinski definition) is 9. The fourth-order valence-corrected chi connectivity index (χ4v) is 9.36. The van der Waals surface area contributed by atoms with E-state index in [1.807, 2.05) is 48.3 Å². The predicted molar refractivity (Wildman–Crippen MR) is 236 cm³/mol. The molecule has 0 radical (unpaired) electrons. The summed E-state index contributed by atoms with van der Waals surface area (Å²) in [5.74, 6) is 0.966. The van der Waals surface area contributed by atoms with Gasteiger partial charge in [-0.05, 0) is 83.6 Å². The summed E-state index contributed by atoms with van der Waals surface area (Å²) in [5.41, 5.74) is 8.84. The Morgan fingerprint density at radius 3 is 2.27 bits per heavy atom. The molecule has 0 unspecified atom stereocenters. The number of benzene rings is 3. The Bertz CT molecular complexity index is 2740. The van der Waals surface area contributed by atoms with Gasteiger partial charge in [-0.3, -0.25) is 19.5 Å². The SMILES string of the molecule is COC(=O)N[C@H]1CCc2cccc3c2N(C1=O)[C@H](c1ncc(-c2ccc4/c(c2)=N\C=C(\c2ccc(-c5cnc([C@@H]6CCCN6C(=O)[C@@H](NC(=O)OC)C(C)C)[nH]5)cc2)CC\C=4)[nH]1)C3. The third-order valence-corrected chi connectivity index (χ3v) is 12.7. The number of methoxy groups -OCH3 is 2. The molecule has 15 nitrogen and oxygen atoms in total. The van der Waals surface area contributed by atoms with Gasteiger partial charge in [0.25, 0.3) is 0 Å². The Labute approximate surface area is 364 Å². The largest absolute Gasteiger partial charge is 0.453 e. The van der Waals surface area contributed by atoms with Crippen LogP contribution in [0, 0.1) is 5.92 Å². The van der Waals surface area contributed by atoms with Crippen LogP contribution >= 0.6 is 0 Å². The van der Waals surface area contributed by atoms with Gasteiger partial charge in [0, 0.05) is 24.7 Å². The highest BCUT2D eigenvalue weighted by Gasteiger charge is 2.43. The number of likely N-dealkylation sites (tertiary alicyclic amines) is 1. The minimum absolute atomic E-state index is 0.111. The van der Waals surface area contributed by atoms with Gasteiger partial charge >= 0.3 is 12.2 Å². The first-order valence-electron chi connectivity index (χ1n) is 21.6. The number of fused-ring (bicyclic) bond motifs is 1. The number of amides is 4. The third kappa shape index (κ3) is 8.10. The van der Waals surface area contributed by atoms with Crippen LogP contribution in [0.3, 0.4) is 0 Å². The van der Waals surface area contributed by atoms with Crippen LogP contribution in [0.4, 0.5) is 15.3 Å². The maximum absolute atomic E-state index is 14.0. The summed E-state index contributed by atoms with van der Waals surface area (Å²) in [6.07, 6.45) is 11.6. The highest BCUT2D eigenvalue weighted by atomic mass is 16.5. The molecule has 0 bridgehead atoms. The average molecular weight is 850 g/mol. The molecule has 3 aromatic carbocycles. The number of carbonyl (C=O) groups excluding carboxylic acids is 4. The van der Waals surface area contributed by atoms with E-state index in [4.69, 9.17) is 24.4 Å². The number of H-pyrrole nitrogens is 2. The molecule has 1 fully saturated rings. The van der Waals surface area contributed by atoms with Gasteiger partial charge < -0.3 is 35.0 Å². The molecule has 5 aromatic rings. The van der Waals surface area contributed by atoms with E-state index in [0.29, 0.717) is 31.6 Å². The van der Waals surface area contributed by atoms with E-state index in [9.17, 15) is 19.2 Å². The van der Waals surface area contributed by atoms with Crippen LogP contribution in [0.15, 0.2) is 84.2 Å². The molecule has 4 amide bonds. The molecule has 4 N–H and O–H groups in total. The zero-order valence-electron chi connectivity index (χ0n) is 35.8. The Morgan fingerprint density at radius 2 is 1.52 bits per heavy atom. The summed E-state index contributed by atoms with van der Waals surface area (Å²) in [7, 11) is 2.59. The molecule has 63 heavy (non-hydrogen) atoms. The number of hydrogen-bond donors (Lipinski definition) is 4. The van der Waals surface area contributed by atoms with Crippen molar-refractivity contribution in [3.05, 3.63) is 118 Å². The summed E-state index contributed by atoms with van der Waals surface area (Å²) >= 11 is 0. The van der Waals surface area contributed by atoms with Gasteiger partial charge in [-0.2, -0.15) is 0 Å². The Morgan fingerprint density at radius 1 is 0.825 bits per heavy atom. The molecule has 324 valence electrons. The molecular formula is C48H51N9O6. The lowest BCUT2D eigenvalue weighted by Crippen LogP contribution is -2.51. The number of ether oxygens (including phenoxy) is 2. The molecule has 1 saturated heterocycles. The van der Waals surface area contributed by atoms with Crippen molar-refractivity contribution in [2.45, 2.75) is 83.0 Å². The molecule has 15 heteroatoms. The Kier molecular flexibility index (Phi) is 11.4. The molecule has 0 saturated carbocycles. The number of carbonyl (C=O) groups is 4. The van der Waals surface area contributed by atoms with Gasteiger partial charge in [0.15, 0.2) is 0 Å². The number of alkyl carbamates (subject to hydrolysis) is 2. The summed E-state index contributed by atoms with van der Waals surface area (Å²) in [6, 6.07) is 18.7. The summed E-state index contributed by atoms with van der Waals surface area (Å²) in [6.45, 7) is 4.40. The van der Waals surface area contributed by atoms with Crippen molar-refractivity contribution >= 4 is 41.3 Å². The zero-order valence-corrected chi connectivity index (χ0v) is 35.8. The quantitative estimate of drug-likeness (QED) is 0.138. The van der Waals surface area contributed by atoms with Crippen LogP contribution in [-0.4, -0.2) is 81.7 Å². The fourth-order valence-electron chi connectivity index (χ4n) is 9.36. The molecule has 4 aliphatic heterocycles. The lowest BCUT2D eigenvalue weighted by molar-refractivity contribution is -0.135. The van der Waals surface area contributed by atoms with E-state index in [2.05, 4.69) is 81.3 Å². The topological polar surface area (TPSA) is 187 Å². The van der Waals surface area contributed by atoms with Gasteiger partial charge in [0.05, 0.1) is 61.1 Å². The number of allylic oxidation sites excluding steroid dienone is 1. The van der Waals surface area contributed by atoms with E-state index < -0.39 is 24.3 Å². The second kappa shape index (κ2) is 17.4. The third-order valence-electron chi connectivity index (χ3n) is 12.7. The maximum Gasteiger partial charge on any atom is 0.407 e. The second-order valence-corrected chi connectivity index (χ2v) is 16.9. The maximum atomic E-state index is 14.0. The van der Waals surface area contributed by atoms with Gasteiger partial charge in [-0.1, -0.05) is 74.5 Å². The number of nitrogens with one attached hydrogen (secondary N) is 4. The number of imidazole rings is 2. The normalized spacial score (nSPS) is 21.6. The number of aromatic amines is 2. The Balaban J connectivity index is 0.918. The molecule has 2 aromatic heterocycles. The molecule has 9 rings (SSSR count). The second-order valence-electron chi connectivity index (χ2n) is 16.9. The first-order valence-corrected chi connectivity index (χ1v) is 21.6. The van der Waals surface area contributed by atoms with Crippen LogP contribution in [0.5, 0.6) is 0 Å². The minimum Gasteiger partial charge on any atom is -0.453 e. The van der Waals surface area contributed by atoms with Crippen molar-refractivity contribution in [2.75, 3.05) is 25.7 Å². The van der Waals surface area contributed by atoms with Gasteiger partial charge in [-0.25, -0.2) is 19.6 Å². The van der Waals surface area contributed by atoms with Crippen molar-refractivity contribution in [1.82, 2.24) is 35.5 Å². The number of anilines is 1. The number of aryl methyl sites for hydroxylation is 1. The van der Waals surface area contributed by atoms with Crippen LogP contribution in [-0.2, 0) is 31.9 Å². The van der Waals surface area contributed by atoms with Crippen molar-refractivity contribution < 1.29 is 28.7 Å². The van der Waals surface area contributed by atoms with Gasteiger partial charge in [0.2, 0.25) is 11.8 Å². The summed E-state index contributed by atoms with van der Waals surface area (Å²) < 4.78 is 9.61. The molecule has 4 atom stereocenters. The minimum atomic E-state index is -0.712. The van der Waals surface area contributed by atoms with Crippen molar-refractivity contribution in [3.8, 4) is 22.5 Å². The fraction of sp³-hybridized carbons (Fsp3) is 0.354. The van der Waals surface area contributed by atoms with Crippen LogP contribution in [0.25, 0.3) is 34.2 Å². The lowest BCUT2D eigenvalue weighted by Gasteiger charge is -2.30. The number of para-hydroxylation sites is 1.